The Labute approximate surface area is 61.3 Å². The van der Waals surface area contributed by atoms with Gasteiger partial charge in [-0.2, -0.15) is 0 Å². The smallest absolute Gasteiger partial charge is 0 e. The van der Waals surface area contributed by atoms with Gasteiger partial charge in [-0.25, -0.2) is 0 Å². The van der Waals surface area contributed by atoms with Crippen LogP contribution in [-0.2, 0) is 24.0 Å². The van der Waals surface area contributed by atoms with Crippen LogP contribution in [0.25, 0.3) is 0 Å². The fourth-order valence-corrected chi connectivity index (χ4v) is 0. The summed E-state index contributed by atoms with van der Waals surface area (Å²) in [6.07, 6.45) is 0. The summed E-state index contributed by atoms with van der Waals surface area (Å²) < 4.78 is 0. The first-order valence-electron chi connectivity index (χ1n) is 0. The third-order valence-electron chi connectivity index (χ3n) is 0. The molecule has 0 rings (SSSR count). The molecule has 0 unspecified atom stereocenters. The predicted octanol–water partition coefficient (Wildman–Crippen LogP) is -9.11. The summed E-state index contributed by atoms with van der Waals surface area (Å²) in [6, 6.07) is 0. The number of halogens is 3. The summed E-state index contributed by atoms with van der Waals surface area (Å²) in [5.41, 5.74) is 0. The monoisotopic (exact) mass is 172 g/mol. The molecule has 37 valence electrons. The average molecular weight is 173 g/mol. The molecule has 1 nitrogen and oxygen atoms in total. The molecule has 0 fully saturated rings. The fourth-order valence-electron chi connectivity index (χ4n) is 0. The van der Waals surface area contributed by atoms with E-state index in [4.69, 9.17) is 0 Å². The van der Waals surface area contributed by atoms with Crippen LogP contribution in [0.15, 0.2) is 0 Å². The van der Waals surface area contributed by atoms with Gasteiger partial charge in [0.05, 0.1) is 0 Å². The normalized spacial score (nSPS) is 0. The molecule has 0 aliphatic carbocycles. The van der Waals surface area contributed by atoms with Gasteiger partial charge < -0.3 is 42.7 Å². The molecule has 0 spiro atoms. The van der Waals surface area contributed by atoms with E-state index in [1.54, 1.807) is 0 Å². The zero-order valence-corrected chi connectivity index (χ0v) is 5.65. The minimum absolute atomic E-state index is 0. The first kappa shape index (κ1) is 94.0. The van der Waals surface area contributed by atoms with Crippen LogP contribution >= 0.6 is 0 Å². The molecular formula is Cl3OV-5. The van der Waals surface area contributed by atoms with Crippen LogP contribution in [0.2, 0.25) is 0 Å². The van der Waals surface area contributed by atoms with Gasteiger partial charge in [-0.15, -0.1) is 0 Å². The van der Waals surface area contributed by atoms with E-state index in [1.807, 2.05) is 0 Å². The molecule has 0 aromatic carbocycles. The maximum absolute atomic E-state index is 0. The Hall–Kier alpha value is 1.41. The molecule has 0 N–H and O–H groups in total. The summed E-state index contributed by atoms with van der Waals surface area (Å²) in [5, 5.41) is 0. The largest absolute Gasteiger partial charge is 2.00 e. The van der Waals surface area contributed by atoms with Gasteiger partial charge in [-0.1, -0.05) is 0 Å². The van der Waals surface area contributed by atoms with Crippen molar-refractivity contribution in [1.29, 1.82) is 0 Å². The Kier molecular flexibility index (Phi) is 991. The summed E-state index contributed by atoms with van der Waals surface area (Å²) in [7, 11) is 0. The maximum Gasteiger partial charge on any atom is 0 e. The molecule has 0 aliphatic rings. The minimum Gasteiger partial charge on any atom is -2.00 e. The number of hydrogen-bond donors (Lipinski definition) is 0. The molecule has 0 aromatic heterocycles. The van der Waals surface area contributed by atoms with Crippen LogP contribution in [0.4, 0.5) is 0 Å². The maximum atomic E-state index is 0. The quantitative estimate of drug-likeness (QED) is 0.348. The van der Waals surface area contributed by atoms with Crippen molar-refractivity contribution in [3.05, 3.63) is 0 Å². The molecule has 1 radical (unpaired) electrons. The first-order valence-corrected chi connectivity index (χ1v) is 0. The molecule has 0 amide bonds. The zero-order valence-electron chi connectivity index (χ0n) is 1.99. The predicted molar refractivity (Wildman–Crippen MR) is 0.686 cm³/mol. The standard InChI is InChI=1S/3ClH.O.V/h3*1H;;/q;;;-2;/p-3. The van der Waals surface area contributed by atoms with Crippen molar-refractivity contribution in [2.45, 2.75) is 0 Å². The third-order valence-corrected chi connectivity index (χ3v) is 0. The molecule has 0 saturated carbocycles. The molecule has 0 aliphatic heterocycles. The van der Waals surface area contributed by atoms with E-state index in [2.05, 4.69) is 0 Å². The van der Waals surface area contributed by atoms with Gasteiger partial charge >= 0.3 is 0 Å². The van der Waals surface area contributed by atoms with Crippen molar-refractivity contribution >= 4 is 0 Å². The molecule has 0 heterocycles. The van der Waals surface area contributed by atoms with Gasteiger partial charge in [0.2, 0.25) is 0 Å². The second-order valence-electron chi connectivity index (χ2n) is 0. The molecule has 0 saturated heterocycles. The van der Waals surface area contributed by atoms with Gasteiger partial charge in [0.15, 0.2) is 0 Å². The molecular weight excluding hydrogens is 173 g/mol. The Morgan fingerprint density at radius 2 is 0.600 bits per heavy atom. The Morgan fingerprint density at radius 3 is 0.600 bits per heavy atom. The summed E-state index contributed by atoms with van der Waals surface area (Å²) >= 11 is 0. The van der Waals surface area contributed by atoms with E-state index in [9.17, 15) is 0 Å². The fraction of sp³-hybridized carbons (Fsp3) is 0. The van der Waals surface area contributed by atoms with E-state index in [-0.39, 0.29) is 61.3 Å². The van der Waals surface area contributed by atoms with Crippen molar-refractivity contribution < 1.29 is 61.3 Å². The van der Waals surface area contributed by atoms with Crippen LogP contribution in [0.5, 0.6) is 0 Å². The minimum atomic E-state index is 0. The van der Waals surface area contributed by atoms with Gasteiger partial charge in [-0.05, 0) is 0 Å². The Balaban J connectivity index is 0. The van der Waals surface area contributed by atoms with Crippen molar-refractivity contribution in [2.24, 2.45) is 0 Å². The summed E-state index contributed by atoms with van der Waals surface area (Å²) in [4.78, 5) is 0. The van der Waals surface area contributed by atoms with Crippen molar-refractivity contribution in [1.82, 2.24) is 0 Å². The van der Waals surface area contributed by atoms with E-state index >= 15 is 0 Å². The van der Waals surface area contributed by atoms with E-state index in [0.29, 0.717) is 0 Å². The van der Waals surface area contributed by atoms with Crippen LogP contribution in [0.1, 0.15) is 0 Å². The van der Waals surface area contributed by atoms with E-state index < -0.39 is 0 Å². The molecule has 0 atom stereocenters. The topological polar surface area (TPSA) is 28.5 Å². The Bertz CT molecular complexity index is 6.85. The van der Waals surface area contributed by atoms with Gasteiger partial charge in [0.1, 0.15) is 0 Å². The Morgan fingerprint density at radius 1 is 0.600 bits per heavy atom. The van der Waals surface area contributed by atoms with Crippen molar-refractivity contribution in [3.63, 3.8) is 0 Å². The second kappa shape index (κ2) is 52.7. The van der Waals surface area contributed by atoms with Crippen LogP contribution in [-0.4, -0.2) is 0 Å². The van der Waals surface area contributed by atoms with Crippen molar-refractivity contribution in [3.8, 4) is 0 Å². The van der Waals surface area contributed by atoms with E-state index in [0.717, 1.165) is 0 Å². The molecule has 5 heavy (non-hydrogen) atoms. The third kappa shape index (κ3) is 31.6. The van der Waals surface area contributed by atoms with E-state index in [1.165, 1.54) is 0 Å². The summed E-state index contributed by atoms with van der Waals surface area (Å²) in [6.45, 7) is 0. The van der Waals surface area contributed by atoms with Crippen LogP contribution < -0.4 is 37.2 Å². The van der Waals surface area contributed by atoms with Crippen LogP contribution in [0.3, 0.4) is 0 Å². The molecule has 5 heteroatoms. The van der Waals surface area contributed by atoms with Gasteiger partial charge in [-0.3, -0.25) is 0 Å². The summed E-state index contributed by atoms with van der Waals surface area (Å²) in [5.74, 6) is 0. The van der Waals surface area contributed by atoms with Crippen LogP contribution in [0, 0.1) is 0 Å². The second-order valence-corrected chi connectivity index (χ2v) is 0. The van der Waals surface area contributed by atoms with Gasteiger partial charge in [0.25, 0.3) is 0 Å². The van der Waals surface area contributed by atoms with Gasteiger partial charge in [0, 0.05) is 18.6 Å². The van der Waals surface area contributed by atoms with Crippen molar-refractivity contribution in [2.75, 3.05) is 0 Å². The SMILES string of the molecule is [Cl-].[Cl-].[Cl-].[O-2].[V]. The first-order chi connectivity index (χ1) is 0. The molecule has 0 bridgehead atoms. The zero-order chi connectivity index (χ0) is 0. The average Bonchev–Trinajstić information content (AvgIpc) is 0. The number of hydrogen-bond acceptors (Lipinski definition) is 0. The molecule has 0 aromatic rings. The number of rotatable bonds is 0.